The monoisotopic (exact) mass is 467 g/mol. The van der Waals surface area contributed by atoms with Gasteiger partial charge in [-0.1, -0.05) is 44.2 Å². The average Bonchev–Trinajstić information content (AvgIpc) is 2.81. The van der Waals surface area contributed by atoms with Gasteiger partial charge in [0.2, 0.25) is 10.0 Å². The van der Waals surface area contributed by atoms with E-state index in [4.69, 9.17) is 0 Å². The fourth-order valence-corrected chi connectivity index (χ4v) is 4.80. The number of nitrogens with zero attached hydrogens (tertiary/aromatic N) is 2. The number of carbonyl (C=O) groups excluding carboxylic acids is 1. The van der Waals surface area contributed by atoms with Gasteiger partial charge in [-0.3, -0.25) is 4.79 Å². The van der Waals surface area contributed by atoms with Gasteiger partial charge in [0, 0.05) is 29.8 Å². The number of hydrogen-bond donors (Lipinski definition) is 3. The summed E-state index contributed by atoms with van der Waals surface area (Å²) in [5.74, 6) is -0.808. The summed E-state index contributed by atoms with van der Waals surface area (Å²) in [6.45, 7) is 4.10. The number of nitrogens with one attached hydrogen (secondary N) is 1. The lowest BCUT2D eigenvalue weighted by molar-refractivity contribution is 0.0954. The molecule has 3 rings (SSSR count). The first-order valence-electron chi connectivity index (χ1n) is 10.3. The number of rotatable bonds is 8. The van der Waals surface area contributed by atoms with Gasteiger partial charge in [0.15, 0.2) is 0 Å². The van der Waals surface area contributed by atoms with Crippen molar-refractivity contribution in [2.75, 3.05) is 13.1 Å². The molecule has 0 heterocycles. The summed E-state index contributed by atoms with van der Waals surface area (Å²) in [6, 6.07) is 18.5. The lowest BCUT2D eigenvalue weighted by Crippen LogP contribution is -2.31. The molecule has 3 N–H and O–H groups in total. The van der Waals surface area contributed by atoms with Gasteiger partial charge in [-0.05, 0) is 42.5 Å². The van der Waals surface area contributed by atoms with Crippen LogP contribution in [0.2, 0.25) is 0 Å². The Balaban J connectivity index is 1.98. The number of aromatic hydroxyl groups is 2. The van der Waals surface area contributed by atoms with E-state index in [1.54, 1.807) is 50.2 Å². The van der Waals surface area contributed by atoms with Gasteiger partial charge in [-0.25, -0.2) is 13.8 Å². The van der Waals surface area contributed by atoms with E-state index in [9.17, 15) is 23.4 Å². The minimum absolute atomic E-state index is 0.00413. The van der Waals surface area contributed by atoms with Crippen LogP contribution in [0.1, 0.15) is 35.3 Å². The Morgan fingerprint density at radius 1 is 0.879 bits per heavy atom. The SMILES string of the molecule is CCN(CC)S(=O)(=O)c1cccc(C(=O)NN=C(c2ccccc2O)c2ccccc2O)c1. The highest BCUT2D eigenvalue weighted by atomic mass is 32.2. The Labute approximate surface area is 192 Å². The van der Waals surface area contributed by atoms with Crippen molar-refractivity contribution in [3.05, 3.63) is 89.5 Å². The first-order valence-corrected chi connectivity index (χ1v) is 11.8. The summed E-state index contributed by atoms with van der Waals surface area (Å²) in [5.41, 5.74) is 3.25. The standard InChI is InChI=1S/C24H25N3O5S/c1-3-27(4-2)33(31,32)18-11-9-10-17(16-18)24(30)26-25-23(19-12-5-7-14-21(19)28)20-13-6-8-15-22(20)29/h5-16,28-29H,3-4H2,1-2H3,(H,26,30). The van der Waals surface area contributed by atoms with Crippen molar-refractivity contribution in [2.45, 2.75) is 18.7 Å². The minimum Gasteiger partial charge on any atom is -0.507 e. The van der Waals surface area contributed by atoms with Crippen LogP contribution in [0.5, 0.6) is 11.5 Å². The third-order valence-corrected chi connectivity index (χ3v) is 7.07. The Kier molecular flexibility index (Phi) is 7.47. The normalized spacial score (nSPS) is 11.2. The second-order valence-corrected chi connectivity index (χ2v) is 8.99. The number of carbonyl (C=O) groups is 1. The zero-order valence-corrected chi connectivity index (χ0v) is 19.1. The van der Waals surface area contributed by atoms with Crippen LogP contribution >= 0.6 is 0 Å². The second-order valence-electron chi connectivity index (χ2n) is 7.05. The van der Waals surface area contributed by atoms with Gasteiger partial charge >= 0.3 is 0 Å². The van der Waals surface area contributed by atoms with Crippen molar-refractivity contribution in [2.24, 2.45) is 5.10 Å². The molecule has 0 spiro atoms. The number of hydrazone groups is 1. The van der Waals surface area contributed by atoms with Crippen molar-refractivity contribution >= 4 is 21.6 Å². The highest BCUT2D eigenvalue weighted by Crippen LogP contribution is 2.25. The largest absolute Gasteiger partial charge is 0.507 e. The molecule has 0 atom stereocenters. The van der Waals surface area contributed by atoms with E-state index in [1.807, 2.05) is 0 Å². The van der Waals surface area contributed by atoms with Gasteiger partial charge in [0.25, 0.3) is 5.91 Å². The molecule has 33 heavy (non-hydrogen) atoms. The molecule has 0 saturated heterocycles. The van der Waals surface area contributed by atoms with Crippen LogP contribution < -0.4 is 5.43 Å². The van der Waals surface area contributed by atoms with Crippen LogP contribution in [-0.4, -0.2) is 47.6 Å². The predicted octanol–water partition coefficient (Wildman–Crippen LogP) is 3.31. The van der Waals surface area contributed by atoms with E-state index in [1.165, 1.54) is 40.7 Å². The third kappa shape index (κ3) is 5.21. The Morgan fingerprint density at radius 2 is 1.42 bits per heavy atom. The summed E-state index contributed by atoms with van der Waals surface area (Å²) in [6.07, 6.45) is 0. The van der Waals surface area contributed by atoms with E-state index in [0.29, 0.717) is 24.2 Å². The fraction of sp³-hybridized carbons (Fsp3) is 0.167. The molecule has 0 aliphatic carbocycles. The van der Waals surface area contributed by atoms with E-state index in [2.05, 4.69) is 10.5 Å². The molecule has 1 amide bonds. The maximum Gasteiger partial charge on any atom is 0.271 e. The fourth-order valence-electron chi connectivity index (χ4n) is 3.29. The zero-order valence-electron chi connectivity index (χ0n) is 18.3. The minimum atomic E-state index is -3.73. The molecule has 8 nitrogen and oxygen atoms in total. The Bertz CT molecular complexity index is 1240. The van der Waals surface area contributed by atoms with Crippen LogP contribution in [-0.2, 0) is 10.0 Å². The average molecular weight is 468 g/mol. The maximum atomic E-state index is 12.8. The van der Waals surface area contributed by atoms with Gasteiger partial charge in [0.05, 0.1) is 4.90 Å². The van der Waals surface area contributed by atoms with Gasteiger partial charge in [0.1, 0.15) is 17.2 Å². The molecule has 0 radical (unpaired) electrons. The number of amides is 1. The number of phenolic OH excluding ortho intramolecular Hbond substituents is 2. The smallest absolute Gasteiger partial charge is 0.271 e. The molecular formula is C24H25N3O5S. The maximum absolute atomic E-state index is 12.8. The molecule has 3 aromatic carbocycles. The molecule has 9 heteroatoms. The van der Waals surface area contributed by atoms with Crippen LogP contribution in [0.3, 0.4) is 0 Å². The van der Waals surface area contributed by atoms with E-state index >= 15 is 0 Å². The molecule has 0 aliphatic rings. The molecule has 0 unspecified atom stereocenters. The highest BCUT2D eigenvalue weighted by Gasteiger charge is 2.23. The molecule has 0 saturated carbocycles. The first kappa shape index (κ1) is 24.0. The zero-order chi connectivity index (χ0) is 24.0. The number of benzene rings is 3. The first-order chi connectivity index (χ1) is 15.8. The van der Waals surface area contributed by atoms with Gasteiger partial charge < -0.3 is 10.2 Å². The topological polar surface area (TPSA) is 119 Å². The summed E-state index contributed by atoms with van der Waals surface area (Å²) in [4.78, 5) is 12.8. The van der Waals surface area contributed by atoms with Crippen molar-refractivity contribution in [3.8, 4) is 11.5 Å². The summed E-state index contributed by atoms with van der Waals surface area (Å²) >= 11 is 0. The third-order valence-electron chi connectivity index (χ3n) is 5.03. The lowest BCUT2D eigenvalue weighted by atomic mass is 10.0. The molecular weight excluding hydrogens is 442 g/mol. The Hall–Kier alpha value is -3.69. The molecule has 0 aliphatic heterocycles. The number of phenols is 2. The highest BCUT2D eigenvalue weighted by molar-refractivity contribution is 7.89. The van der Waals surface area contributed by atoms with Crippen molar-refractivity contribution < 1.29 is 23.4 Å². The number of hydrogen-bond acceptors (Lipinski definition) is 6. The number of sulfonamides is 1. The number of para-hydroxylation sites is 2. The quantitative estimate of drug-likeness (QED) is 0.347. The van der Waals surface area contributed by atoms with E-state index < -0.39 is 15.9 Å². The van der Waals surface area contributed by atoms with Crippen molar-refractivity contribution in [1.82, 2.24) is 9.73 Å². The van der Waals surface area contributed by atoms with E-state index in [0.717, 1.165) is 0 Å². The molecule has 172 valence electrons. The molecule has 0 fully saturated rings. The predicted molar refractivity (Wildman–Crippen MR) is 126 cm³/mol. The summed E-state index contributed by atoms with van der Waals surface area (Å²) in [7, 11) is -3.73. The molecule has 0 bridgehead atoms. The van der Waals surface area contributed by atoms with Gasteiger partial charge in [-0.15, -0.1) is 0 Å². The van der Waals surface area contributed by atoms with E-state index in [-0.39, 0.29) is 27.7 Å². The lowest BCUT2D eigenvalue weighted by Gasteiger charge is -2.18. The van der Waals surface area contributed by atoms with Crippen LogP contribution in [0.4, 0.5) is 0 Å². The van der Waals surface area contributed by atoms with Crippen LogP contribution in [0.25, 0.3) is 0 Å². The summed E-state index contributed by atoms with van der Waals surface area (Å²) < 4.78 is 26.9. The second kappa shape index (κ2) is 10.3. The van der Waals surface area contributed by atoms with Crippen molar-refractivity contribution in [1.29, 1.82) is 0 Å². The molecule has 3 aromatic rings. The van der Waals surface area contributed by atoms with Crippen LogP contribution in [0, 0.1) is 0 Å². The van der Waals surface area contributed by atoms with Crippen LogP contribution in [0.15, 0.2) is 82.8 Å². The van der Waals surface area contributed by atoms with Crippen molar-refractivity contribution in [3.63, 3.8) is 0 Å². The summed E-state index contributed by atoms with van der Waals surface area (Å²) in [5, 5.41) is 24.7. The van der Waals surface area contributed by atoms with Gasteiger partial charge in [-0.2, -0.15) is 9.41 Å². The molecule has 0 aromatic heterocycles. The Morgan fingerprint density at radius 3 is 1.94 bits per heavy atom.